The zero-order valence-electron chi connectivity index (χ0n) is 12.6. The summed E-state index contributed by atoms with van der Waals surface area (Å²) in [6.07, 6.45) is 1.25. The van der Waals surface area contributed by atoms with Gasteiger partial charge in [0.1, 0.15) is 0 Å². The molecule has 3 N–H and O–H groups in total. The summed E-state index contributed by atoms with van der Waals surface area (Å²) in [6.45, 7) is 10.0. The van der Waals surface area contributed by atoms with Gasteiger partial charge in [0.25, 0.3) is 0 Å². The molecule has 0 aliphatic rings. The lowest BCUT2D eigenvalue weighted by atomic mass is 10.4. The van der Waals surface area contributed by atoms with Crippen LogP contribution in [0.1, 0.15) is 41.0 Å². The Labute approximate surface area is 113 Å². The van der Waals surface area contributed by atoms with E-state index in [1.165, 1.54) is 6.42 Å². The summed E-state index contributed by atoms with van der Waals surface area (Å²) in [5, 5.41) is 22.7. The topological polar surface area (TPSA) is 60.7 Å². The van der Waals surface area contributed by atoms with Crippen molar-refractivity contribution in [3.8, 4) is 0 Å². The van der Waals surface area contributed by atoms with Gasteiger partial charge in [-0.15, -0.1) is 0 Å². The Morgan fingerprint density at radius 2 is 0.556 bits per heavy atom. The van der Waals surface area contributed by atoms with Crippen molar-refractivity contribution in [1.82, 2.24) is 0 Å². The molecule has 0 heterocycles. The van der Waals surface area contributed by atoms with Crippen molar-refractivity contribution in [3.05, 3.63) is 36.4 Å². The molecule has 0 saturated carbocycles. The van der Waals surface area contributed by atoms with E-state index in [1.807, 2.05) is 36.4 Å². The normalized spacial score (nSPS) is 6.67. The van der Waals surface area contributed by atoms with Crippen LogP contribution >= 0.6 is 0 Å². The van der Waals surface area contributed by atoms with E-state index < -0.39 is 0 Å². The molecule has 0 unspecified atom stereocenters. The van der Waals surface area contributed by atoms with Gasteiger partial charge in [-0.3, -0.25) is 0 Å². The van der Waals surface area contributed by atoms with Gasteiger partial charge in [0.05, 0.1) is 0 Å². The van der Waals surface area contributed by atoms with Crippen molar-refractivity contribution in [1.29, 1.82) is 0 Å². The van der Waals surface area contributed by atoms with E-state index in [2.05, 4.69) is 13.8 Å². The first-order valence-corrected chi connectivity index (χ1v) is 6.48. The zero-order valence-corrected chi connectivity index (χ0v) is 12.6. The summed E-state index contributed by atoms with van der Waals surface area (Å²) in [7, 11) is 0. The quantitative estimate of drug-likeness (QED) is 0.672. The molecule has 18 heavy (non-hydrogen) atoms. The fraction of sp³-hybridized carbons (Fsp3) is 0.600. The van der Waals surface area contributed by atoms with Crippen LogP contribution in [0.2, 0.25) is 0 Å². The summed E-state index contributed by atoms with van der Waals surface area (Å²) >= 11 is 0. The Balaban J connectivity index is -0.0000000723. The molecule has 3 nitrogen and oxygen atoms in total. The van der Waals surface area contributed by atoms with Gasteiger partial charge in [0.2, 0.25) is 0 Å². The second-order valence-corrected chi connectivity index (χ2v) is 2.81. The molecule has 0 amide bonds. The molecule has 0 spiro atoms. The van der Waals surface area contributed by atoms with Gasteiger partial charge in [-0.25, -0.2) is 0 Å². The van der Waals surface area contributed by atoms with Crippen LogP contribution < -0.4 is 0 Å². The first-order valence-electron chi connectivity index (χ1n) is 6.48. The third-order valence-corrected chi connectivity index (χ3v) is 0.667. The summed E-state index contributed by atoms with van der Waals surface area (Å²) in [5.74, 6) is 0. The minimum Gasteiger partial charge on any atom is -0.397 e. The van der Waals surface area contributed by atoms with E-state index in [1.54, 1.807) is 20.8 Å². The van der Waals surface area contributed by atoms with Crippen molar-refractivity contribution in [2.24, 2.45) is 0 Å². The van der Waals surface area contributed by atoms with Crippen LogP contribution in [-0.4, -0.2) is 35.1 Å². The van der Waals surface area contributed by atoms with Gasteiger partial charge >= 0.3 is 0 Å². The summed E-state index contributed by atoms with van der Waals surface area (Å²) in [5.41, 5.74) is 0. The number of hydrogen-bond donors (Lipinski definition) is 3. The molecule has 0 atom stereocenters. The van der Waals surface area contributed by atoms with E-state index in [0.717, 1.165) is 0 Å². The van der Waals surface area contributed by atoms with Crippen LogP contribution in [0.15, 0.2) is 36.4 Å². The van der Waals surface area contributed by atoms with Gasteiger partial charge in [-0.1, -0.05) is 56.7 Å². The van der Waals surface area contributed by atoms with Crippen LogP contribution in [0.25, 0.3) is 0 Å². The highest BCUT2D eigenvalue weighted by molar-refractivity contribution is 4.99. The number of hydrogen-bond acceptors (Lipinski definition) is 3. The minimum absolute atomic E-state index is 0.250. The van der Waals surface area contributed by atoms with Crippen LogP contribution in [0.5, 0.6) is 0 Å². The molecule has 0 aromatic heterocycles. The van der Waals surface area contributed by atoms with Crippen molar-refractivity contribution >= 4 is 0 Å². The number of benzene rings is 1. The first kappa shape index (κ1) is 25.8. The van der Waals surface area contributed by atoms with E-state index in [9.17, 15) is 0 Å². The van der Waals surface area contributed by atoms with Crippen molar-refractivity contribution < 1.29 is 15.3 Å². The average Bonchev–Trinajstić information content (AvgIpc) is 2.35. The van der Waals surface area contributed by atoms with Crippen LogP contribution in [0.3, 0.4) is 0 Å². The molecule has 0 aliphatic heterocycles. The van der Waals surface area contributed by atoms with Gasteiger partial charge < -0.3 is 15.3 Å². The van der Waals surface area contributed by atoms with Gasteiger partial charge in [-0.2, -0.15) is 0 Å². The summed E-state index contributed by atoms with van der Waals surface area (Å²) < 4.78 is 0. The Morgan fingerprint density at radius 1 is 0.500 bits per heavy atom. The Kier molecular flexibility index (Phi) is 63.6. The Morgan fingerprint density at radius 3 is 0.611 bits per heavy atom. The summed E-state index contributed by atoms with van der Waals surface area (Å²) in [4.78, 5) is 0. The number of aliphatic hydroxyl groups excluding tert-OH is 3. The van der Waals surface area contributed by atoms with Gasteiger partial charge in [0, 0.05) is 19.8 Å². The average molecular weight is 260 g/mol. The molecular weight excluding hydrogens is 228 g/mol. The Hall–Kier alpha value is -0.900. The monoisotopic (exact) mass is 260 g/mol. The van der Waals surface area contributed by atoms with Crippen LogP contribution in [0, 0.1) is 0 Å². The predicted octanol–water partition coefficient (Wildman–Crippen LogP) is 3.10. The highest BCUT2D eigenvalue weighted by Crippen LogP contribution is 1.79. The molecular formula is C15H32O3. The smallest absolute Gasteiger partial charge is 0.0402 e. The lowest BCUT2D eigenvalue weighted by Crippen LogP contribution is -1.57. The SMILES string of the molecule is CCC.CCO.CCO.CCO.c1ccccc1. The Bertz CT molecular complexity index is 120. The maximum Gasteiger partial charge on any atom is 0.0402 e. The molecule has 0 fully saturated rings. The van der Waals surface area contributed by atoms with Crippen molar-refractivity contribution in [3.63, 3.8) is 0 Å². The minimum atomic E-state index is 0.250. The molecule has 1 aromatic carbocycles. The molecule has 0 aliphatic carbocycles. The van der Waals surface area contributed by atoms with Gasteiger partial charge in [0.15, 0.2) is 0 Å². The molecule has 0 saturated heterocycles. The van der Waals surface area contributed by atoms with E-state index in [0.29, 0.717) is 0 Å². The first-order chi connectivity index (χ1) is 8.66. The molecule has 0 radical (unpaired) electrons. The number of rotatable bonds is 0. The predicted molar refractivity (Wildman–Crippen MR) is 80.7 cm³/mol. The lowest BCUT2D eigenvalue weighted by Gasteiger charge is -1.69. The highest BCUT2D eigenvalue weighted by Gasteiger charge is 1.57. The summed E-state index contributed by atoms with van der Waals surface area (Å²) in [6, 6.07) is 12.0. The van der Waals surface area contributed by atoms with Gasteiger partial charge in [-0.05, 0) is 20.8 Å². The third-order valence-electron chi connectivity index (χ3n) is 0.667. The highest BCUT2D eigenvalue weighted by atomic mass is 16.3. The fourth-order valence-electron chi connectivity index (χ4n) is 0.385. The third kappa shape index (κ3) is 115. The van der Waals surface area contributed by atoms with Crippen molar-refractivity contribution in [2.45, 2.75) is 41.0 Å². The van der Waals surface area contributed by atoms with E-state index >= 15 is 0 Å². The molecule has 1 aromatic rings. The lowest BCUT2D eigenvalue weighted by molar-refractivity contribution is 0.318. The maximum atomic E-state index is 7.57. The van der Waals surface area contributed by atoms with Crippen LogP contribution in [-0.2, 0) is 0 Å². The van der Waals surface area contributed by atoms with E-state index in [-0.39, 0.29) is 19.8 Å². The molecule has 1 rings (SSSR count). The molecule has 0 bridgehead atoms. The fourth-order valence-corrected chi connectivity index (χ4v) is 0.385. The van der Waals surface area contributed by atoms with E-state index in [4.69, 9.17) is 15.3 Å². The largest absolute Gasteiger partial charge is 0.397 e. The van der Waals surface area contributed by atoms with Crippen molar-refractivity contribution in [2.75, 3.05) is 19.8 Å². The molecule has 110 valence electrons. The standard InChI is InChI=1S/C6H6.C3H8.3C2H6O/c1-2-4-6-5-3-1;1-3-2;3*1-2-3/h1-6H;3H2,1-2H3;3*3H,2H2,1H3. The maximum absolute atomic E-state index is 7.57. The number of aliphatic hydroxyl groups is 3. The second kappa shape index (κ2) is 44.3. The zero-order chi connectivity index (χ0) is 15.1. The van der Waals surface area contributed by atoms with Crippen LogP contribution in [0.4, 0.5) is 0 Å². The second-order valence-electron chi connectivity index (χ2n) is 2.81. The molecule has 3 heteroatoms.